The van der Waals surface area contributed by atoms with Crippen molar-refractivity contribution in [3.63, 3.8) is 0 Å². The minimum absolute atomic E-state index is 0.0518. The highest BCUT2D eigenvalue weighted by Crippen LogP contribution is 2.33. The number of hydrogen-bond acceptors (Lipinski definition) is 4. The van der Waals surface area contributed by atoms with Gasteiger partial charge in [0.25, 0.3) is 0 Å². The molecule has 0 spiro atoms. The molecule has 1 fully saturated rings. The van der Waals surface area contributed by atoms with E-state index in [9.17, 15) is 4.39 Å². The second-order valence-electron chi connectivity index (χ2n) is 5.10. The molecule has 0 amide bonds. The molecule has 0 unspecified atom stereocenters. The fourth-order valence-corrected chi connectivity index (χ4v) is 2.29. The number of ether oxygens (including phenoxy) is 1. The Hall–Kier alpha value is -1.17. The molecule has 1 aromatic rings. The second kappa shape index (κ2) is 7.57. The summed E-state index contributed by atoms with van der Waals surface area (Å²) in [5.74, 6) is -0.212. The van der Waals surface area contributed by atoms with Gasteiger partial charge in [-0.1, -0.05) is 6.07 Å². The molecule has 5 heteroatoms. The first-order valence-electron chi connectivity index (χ1n) is 7.12. The molecule has 20 heavy (non-hydrogen) atoms. The van der Waals surface area contributed by atoms with Crippen LogP contribution in [0.3, 0.4) is 0 Å². The zero-order valence-corrected chi connectivity index (χ0v) is 11.9. The molecule has 112 valence electrons. The van der Waals surface area contributed by atoms with Gasteiger partial charge in [-0.15, -0.1) is 0 Å². The summed E-state index contributed by atoms with van der Waals surface area (Å²) < 4.78 is 19.2. The van der Waals surface area contributed by atoms with Gasteiger partial charge in [-0.05, 0) is 30.5 Å². The lowest BCUT2D eigenvalue weighted by Crippen LogP contribution is -2.29. The molecule has 0 radical (unpaired) electrons. The Morgan fingerprint density at radius 1 is 1.45 bits per heavy atom. The van der Waals surface area contributed by atoms with Crippen molar-refractivity contribution in [2.75, 3.05) is 38.3 Å². The molecule has 1 aliphatic carbocycles. The molecule has 2 N–H and O–H groups in total. The molecule has 0 heterocycles. The van der Waals surface area contributed by atoms with Crippen molar-refractivity contribution in [2.24, 2.45) is 0 Å². The van der Waals surface area contributed by atoms with Gasteiger partial charge in [-0.3, -0.25) is 0 Å². The fourth-order valence-electron chi connectivity index (χ4n) is 2.29. The van der Waals surface area contributed by atoms with Crippen LogP contribution in [0.25, 0.3) is 0 Å². The number of methoxy groups -OCH3 is 1. The minimum atomic E-state index is -0.212. The Morgan fingerprint density at radius 3 is 2.85 bits per heavy atom. The van der Waals surface area contributed by atoms with E-state index in [4.69, 9.17) is 9.84 Å². The van der Waals surface area contributed by atoms with Gasteiger partial charge in [0.1, 0.15) is 5.82 Å². The molecular formula is C15H23FN2O2. The highest BCUT2D eigenvalue weighted by Gasteiger charge is 2.30. The lowest BCUT2D eigenvalue weighted by atomic mass is 10.1. The Labute approximate surface area is 119 Å². The third-order valence-electron chi connectivity index (χ3n) is 3.46. The number of halogens is 1. The van der Waals surface area contributed by atoms with E-state index in [0.717, 1.165) is 24.9 Å². The third kappa shape index (κ3) is 4.16. The molecule has 2 rings (SSSR count). The van der Waals surface area contributed by atoms with Gasteiger partial charge < -0.3 is 20.1 Å². The molecule has 1 saturated carbocycles. The molecule has 0 aromatic heterocycles. The number of anilines is 1. The second-order valence-corrected chi connectivity index (χ2v) is 5.10. The zero-order valence-electron chi connectivity index (χ0n) is 11.9. The largest absolute Gasteiger partial charge is 0.395 e. The number of hydrogen-bond donors (Lipinski definition) is 2. The van der Waals surface area contributed by atoms with Gasteiger partial charge in [-0.2, -0.15) is 0 Å². The smallest absolute Gasteiger partial charge is 0.146 e. The number of rotatable bonds is 9. The molecular weight excluding hydrogens is 259 g/mol. The van der Waals surface area contributed by atoms with Crippen LogP contribution in [0.4, 0.5) is 10.1 Å². The van der Waals surface area contributed by atoms with Crippen molar-refractivity contribution in [2.45, 2.75) is 25.4 Å². The average Bonchev–Trinajstić information content (AvgIpc) is 3.26. The summed E-state index contributed by atoms with van der Waals surface area (Å²) >= 11 is 0. The van der Waals surface area contributed by atoms with Crippen LogP contribution < -0.4 is 10.2 Å². The predicted molar refractivity (Wildman–Crippen MR) is 77.4 cm³/mol. The first-order valence-corrected chi connectivity index (χ1v) is 7.12. The molecule has 0 aliphatic heterocycles. The van der Waals surface area contributed by atoms with Gasteiger partial charge in [0.05, 0.1) is 18.9 Å². The molecule has 0 atom stereocenters. The van der Waals surface area contributed by atoms with Crippen molar-refractivity contribution >= 4 is 5.69 Å². The lowest BCUT2D eigenvalue weighted by Gasteiger charge is -2.24. The summed E-state index contributed by atoms with van der Waals surface area (Å²) in [7, 11) is 1.66. The quantitative estimate of drug-likeness (QED) is 0.674. The fraction of sp³-hybridized carbons (Fsp3) is 0.600. The van der Waals surface area contributed by atoms with Crippen molar-refractivity contribution in [3.05, 3.63) is 29.6 Å². The first kappa shape index (κ1) is 15.2. The number of aliphatic hydroxyl groups excluding tert-OH is 1. The van der Waals surface area contributed by atoms with Gasteiger partial charge in [0.15, 0.2) is 0 Å². The molecule has 4 nitrogen and oxygen atoms in total. The van der Waals surface area contributed by atoms with Gasteiger partial charge in [0.2, 0.25) is 0 Å². The van der Waals surface area contributed by atoms with Crippen LogP contribution in [-0.2, 0) is 11.3 Å². The van der Waals surface area contributed by atoms with E-state index in [1.54, 1.807) is 13.2 Å². The Balaban J connectivity index is 1.97. The molecule has 0 bridgehead atoms. The summed E-state index contributed by atoms with van der Waals surface area (Å²) in [4.78, 5) is 1.97. The summed E-state index contributed by atoms with van der Waals surface area (Å²) in [5.41, 5.74) is 1.52. The predicted octanol–water partition coefficient (Wildman–Crippen LogP) is 1.52. The molecule has 1 aliphatic rings. The van der Waals surface area contributed by atoms with Gasteiger partial charge in [0, 0.05) is 32.8 Å². The summed E-state index contributed by atoms with van der Waals surface area (Å²) in [6.45, 7) is 2.57. The van der Waals surface area contributed by atoms with Crippen LogP contribution >= 0.6 is 0 Å². The third-order valence-corrected chi connectivity index (χ3v) is 3.46. The summed E-state index contributed by atoms with van der Waals surface area (Å²) in [5, 5.41) is 12.3. The van der Waals surface area contributed by atoms with E-state index < -0.39 is 0 Å². The van der Waals surface area contributed by atoms with Gasteiger partial charge >= 0.3 is 0 Å². The highest BCUT2D eigenvalue weighted by molar-refractivity contribution is 5.51. The van der Waals surface area contributed by atoms with E-state index in [1.807, 2.05) is 17.0 Å². The molecule has 1 aromatic carbocycles. The topological polar surface area (TPSA) is 44.7 Å². The van der Waals surface area contributed by atoms with Crippen molar-refractivity contribution < 1.29 is 14.2 Å². The number of benzene rings is 1. The maximum atomic E-state index is 14.2. The normalized spacial score (nSPS) is 14.6. The van der Waals surface area contributed by atoms with Crippen molar-refractivity contribution in [1.29, 1.82) is 0 Å². The first-order chi connectivity index (χ1) is 9.76. The van der Waals surface area contributed by atoms with Crippen LogP contribution in [0.2, 0.25) is 0 Å². The number of aliphatic hydroxyl groups is 1. The number of nitrogens with one attached hydrogen (secondary N) is 1. The maximum absolute atomic E-state index is 14.2. The van der Waals surface area contributed by atoms with Crippen LogP contribution in [0.15, 0.2) is 18.2 Å². The lowest BCUT2D eigenvalue weighted by molar-refractivity contribution is 0.199. The van der Waals surface area contributed by atoms with E-state index in [-0.39, 0.29) is 12.4 Å². The van der Waals surface area contributed by atoms with Crippen molar-refractivity contribution in [1.82, 2.24) is 5.32 Å². The Morgan fingerprint density at radius 2 is 2.25 bits per heavy atom. The summed E-state index contributed by atoms with van der Waals surface area (Å²) in [6, 6.07) is 5.71. The summed E-state index contributed by atoms with van der Waals surface area (Å²) in [6.07, 6.45) is 2.17. The van der Waals surface area contributed by atoms with Gasteiger partial charge in [-0.25, -0.2) is 4.39 Å². The van der Waals surface area contributed by atoms with Crippen LogP contribution in [0, 0.1) is 5.82 Å². The van der Waals surface area contributed by atoms with Crippen molar-refractivity contribution in [3.8, 4) is 0 Å². The zero-order chi connectivity index (χ0) is 14.4. The van der Waals surface area contributed by atoms with E-state index in [1.165, 1.54) is 0 Å². The minimum Gasteiger partial charge on any atom is -0.395 e. The van der Waals surface area contributed by atoms with E-state index in [0.29, 0.717) is 31.4 Å². The number of nitrogens with zero attached hydrogens (tertiary/aromatic N) is 1. The van der Waals surface area contributed by atoms with E-state index >= 15 is 0 Å². The van der Waals surface area contributed by atoms with E-state index in [2.05, 4.69) is 5.32 Å². The monoisotopic (exact) mass is 282 g/mol. The maximum Gasteiger partial charge on any atom is 0.146 e. The van der Waals surface area contributed by atoms with Crippen LogP contribution in [0.5, 0.6) is 0 Å². The standard InChI is InChI=1S/C15H23FN2O2/c1-20-9-6-17-11-12-2-5-15(14(16)10-12)18(7-8-19)13-3-4-13/h2,5,10,13,17,19H,3-4,6-9,11H2,1H3. The SMILES string of the molecule is COCCNCc1ccc(N(CCO)C2CC2)c(F)c1. The Bertz CT molecular complexity index is 424. The average molecular weight is 282 g/mol. The Kier molecular flexibility index (Phi) is 5.76. The molecule has 0 saturated heterocycles. The van der Waals surface area contributed by atoms with Crippen LogP contribution in [-0.4, -0.2) is 44.6 Å². The van der Waals surface area contributed by atoms with Crippen LogP contribution in [0.1, 0.15) is 18.4 Å². The highest BCUT2D eigenvalue weighted by atomic mass is 19.1.